The highest BCUT2D eigenvalue weighted by atomic mass is 32.2. The van der Waals surface area contributed by atoms with E-state index in [4.69, 9.17) is 14.2 Å². The molecule has 0 radical (unpaired) electrons. The lowest BCUT2D eigenvalue weighted by molar-refractivity contribution is -0.127. The van der Waals surface area contributed by atoms with Crippen LogP contribution in [0.4, 0.5) is 4.79 Å². The van der Waals surface area contributed by atoms with Gasteiger partial charge in [0.05, 0.1) is 33.1 Å². The molecule has 3 rings (SSSR count). The van der Waals surface area contributed by atoms with Crippen LogP contribution in [0.5, 0.6) is 17.2 Å². The Morgan fingerprint density at radius 1 is 0.926 bits per heavy atom. The van der Waals surface area contributed by atoms with Crippen molar-refractivity contribution >= 4 is 22.9 Å². The van der Waals surface area contributed by atoms with E-state index in [1.807, 2.05) is 30.3 Å². The topological polar surface area (TPSA) is 65.1 Å². The van der Waals surface area contributed by atoms with Crippen LogP contribution in [0.15, 0.2) is 42.5 Å². The van der Waals surface area contributed by atoms with E-state index in [1.54, 1.807) is 26.4 Å². The third-order valence-electron chi connectivity index (χ3n) is 4.33. The van der Waals surface area contributed by atoms with Gasteiger partial charge in [0.15, 0.2) is 11.5 Å². The Balaban J connectivity index is 1.78. The SMILES string of the molecule is COc1cc(C[C@H]2SC(=O)N(Cc3ccccc3)C2=O)cc(OC)c1OC. The van der Waals surface area contributed by atoms with Crippen molar-refractivity contribution in [3.63, 3.8) is 0 Å². The molecule has 6 nitrogen and oxygen atoms in total. The first-order valence-electron chi connectivity index (χ1n) is 8.42. The Morgan fingerprint density at radius 3 is 2.11 bits per heavy atom. The van der Waals surface area contributed by atoms with Gasteiger partial charge in [0, 0.05) is 0 Å². The summed E-state index contributed by atoms with van der Waals surface area (Å²) >= 11 is 1.06. The average molecular weight is 387 g/mol. The summed E-state index contributed by atoms with van der Waals surface area (Å²) < 4.78 is 16.0. The molecule has 2 amide bonds. The molecule has 7 heteroatoms. The summed E-state index contributed by atoms with van der Waals surface area (Å²) in [5.41, 5.74) is 1.76. The maximum atomic E-state index is 12.8. The van der Waals surface area contributed by atoms with Crippen molar-refractivity contribution in [3.8, 4) is 17.2 Å². The zero-order valence-electron chi connectivity index (χ0n) is 15.4. The smallest absolute Gasteiger partial charge is 0.289 e. The Hall–Kier alpha value is -2.67. The molecule has 142 valence electrons. The third kappa shape index (κ3) is 4.03. The predicted molar refractivity (Wildman–Crippen MR) is 104 cm³/mol. The van der Waals surface area contributed by atoms with E-state index in [1.165, 1.54) is 12.0 Å². The number of rotatable bonds is 7. The zero-order chi connectivity index (χ0) is 19.4. The van der Waals surface area contributed by atoms with Gasteiger partial charge in [0.25, 0.3) is 5.24 Å². The molecule has 0 aromatic heterocycles. The Bertz CT molecular complexity index is 815. The standard InChI is InChI=1S/C20H21NO5S/c1-24-15-9-14(10-16(25-2)18(15)26-3)11-17-19(22)21(20(23)27-17)12-13-7-5-4-6-8-13/h4-10,17H,11-12H2,1-3H3/t17-/m1/s1. The third-order valence-corrected chi connectivity index (χ3v) is 5.41. The minimum Gasteiger partial charge on any atom is -0.493 e. The summed E-state index contributed by atoms with van der Waals surface area (Å²) in [7, 11) is 4.62. The molecule has 0 N–H and O–H groups in total. The number of carbonyl (C=O) groups excluding carboxylic acids is 2. The van der Waals surface area contributed by atoms with Gasteiger partial charge in [-0.2, -0.15) is 0 Å². The number of methoxy groups -OCH3 is 3. The van der Waals surface area contributed by atoms with E-state index >= 15 is 0 Å². The Kier molecular flexibility index (Phi) is 5.91. The lowest BCUT2D eigenvalue weighted by atomic mass is 10.1. The molecule has 0 bridgehead atoms. The van der Waals surface area contributed by atoms with Crippen molar-refractivity contribution in [1.29, 1.82) is 0 Å². The molecule has 2 aromatic carbocycles. The van der Waals surface area contributed by atoms with Crippen LogP contribution in [0.25, 0.3) is 0 Å². The molecule has 0 unspecified atom stereocenters. The molecular weight excluding hydrogens is 366 g/mol. The van der Waals surface area contributed by atoms with Crippen molar-refractivity contribution in [2.45, 2.75) is 18.2 Å². The monoisotopic (exact) mass is 387 g/mol. The van der Waals surface area contributed by atoms with Gasteiger partial charge in [0.2, 0.25) is 11.7 Å². The average Bonchev–Trinajstić information content (AvgIpc) is 2.95. The van der Waals surface area contributed by atoms with Gasteiger partial charge < -0.3 is 14.2 Å². The number of hydrogen-bond donors (Lipinski definition) is 0. The van der Waals surface area contributed by atoms with E-state index in [2.05, 4.69) is 0 Å². The molecule has 1 aliphatic heterocycles. The van der Waals surface area contributed by atoms with Crippen LogP contribution in [0, 0.1) is 0 Å². The first kappa shape index (κ1) is 19.1. The quantitative estimate of drug-likeness (QED) is 0.724. The molecule has 1 atom stereocenters. The number of carbonyl (C=O) groups is 2. The van der Waals surface area contributed by atoms with E-state index in [9.17, 15) is 9.59 Å². The van der Waals surface area contributed by atoms with Crippen molar-refractivity contribution in [1.82, 2.24) is 4.90 Å². The first-order chi connectivity index (χ1) is 13.1. The fourth-order valence-electron chi connectivity index (χ4n) is 3.00. The zero-order valence-corrected chi connectivity index (χ0v) is 16.2. The maximum absolute atomic E-state index is 12.8. The lowest BCUT2D eigenvalue weighted by Gasteiger charge is -2.16. The van der Waals surface area contributed by atoms with Crippen LogP contribution in [0.3, 0.4) is 0 Å². The molecule has 1 heterocycles. The molecule has 0 spiro atoms. The summed E-state index contributed by atoms with van der Waals surface area (Å²) in [6.45, 7) is 0.289. The second kappa shape index (κ2) is 8.35. The van der Waals surface area contributed by atoms with E-state index in [0.717, 1.165) is 22.9 Å². The maximum Gasteiger partial charge on any atom is 0.289 e. The number of ether oxygens (including phenoxy) is 3. The molecule has 0 saturated carbocycles. The molecule has 0 aliphatic carbocycles. The van der Waals surface area contributed by atoms with Gasteiger partial charge in [-0.1, -0.05) is 42.1 Å². The van der Waals surface area contributed by atoms with Gasteiger partial charge in [-0.3, -0.25) is 14.5 Å². The van der Waals surface area contributed by atoms with E-state index in [-0.39, 0.29) is 17.7 Å². The molecule has 27 heavy (non-hydrogen) atoms. The molecular formula is C20H21NO5S. The number of imide groups is 1. The summed E-state index contributed by atoms with van der Waals surface area (Å²) in [6, 6.07) is 13.1. The molecule has 1 saturated heterocycles. The summed E-state index contributed by atoms with van der Waals surface area (Å²) in [5, 5.41) is -0.690. The minimum atomic E-state index is -0.469. The van der Waals surface area contributed by atoms with Crippen molar-refractivity contribution < 1.29 is 23.8 Å². The predicted octanol–water partition coefficient (Wildman–Crippen LogP) is 3.52. The largest absolute Gasteiger partial charge is 0.493 e. The number of benzene rings is 2. The first-order valence-corrected chi connectivity index (χ1v) is 9.30. The minimum absolute atomic E-state index is 0.178. The second-order valence-corrected chi connectivity index (χ2v) is 7.17. The van der Waals surface area contributed by atoms with Crippen LogP contribution < -0.4 is 14.2 Å². The van der Waals surface area contributed by atoms with Crippen LogP contribution in [-0.2, 0) is 17.8 Å². The van der Waals surface area contributed by atoms with Gasteiger partial charge in [-0.15, -0.1) is 0 Å². The van der Waals surface area contributed by atoms with Gasteiger partial charge in [0.1, 0.15) is 0 Å². The van der Waals surface area contributed by atoms with Crippen molar-refractivity contribution in [2.75, 3.05) is 21.3 Å². The number of hydrogen-bond acceptors (Lipinski definition) is 6. The fraction of sp³-hybridized carbons (Fsp3) is 0.300. The van der Waals surface area contributed by atoms with Crippen LogP contribution in [0.1, 0.15) is 11.1 Å². The fourth-order valence-corrected chi connectivity index (χ4v) is 4.03. The van der Waals surface area contributed by atoms with Crippen LogP contribution in [0.2, 0.25) is 0 Å². The number of thioether (sulfide) groups is 1. The lowest BCUT2D eigenvalue weighted by Crippen LogP contribution is -2.31. The summed E-state index contributed by atoms with van der Waals surface area (Å²) in [6.07, 6.45) is 0.400. The van der Waals surface area contributed by atoms with Crippen LogP contribution in [-0.4, -0.2) is 42.6 Å². The second-order valence-electron chi connectivity index (χ2n) is 6.02. The molecule has 2 aromatic rings. The number of amides is 2. The Labute approximate surface area is 162 Å². The summed E-state index contributed by atoms with van der Waals surface area (Å²) in [5.74, 6) is 1.36. The van der Waals surface area contributed by atoms with Gasteiger partial charge >= 0.3 is 0 Å². The highest BCUT2D eigenvalue weighted by molar-refractivity contribution is 8.15. The van der Waals surface area contributed by atoms with E-state index < -0.39 is 5.25 Å². The normalized spacial score (nSPS) is 16.6. The van der Waals surface area contributed by atoms with Gasteiger partial charge in [-0.25, -0.2) is 0 Å². The van der Waals surface area contributed by atoms with Crippen molar-refractivity contribution in [2.24, 2.45) is 0 Å². The summed E-state index contributed by atoms with van der Waals surface area (Å²) in [4.78, 5) is 26.4. The van der Waals surface area contributed by atoms with Gasteiger partial charge in [-0.05, 0) is 29.7 Å². The molecule has 1 fully saturated rings. The Morgan fingerprint density at radius 2 is 1.56 bits per heavy atom. The number of nitrogens with zero attached hydrogens (tertiary/aromatic N) is 1. The van der Waals surface area contributed by atoms with Crippen LogP contribution >= 0.6 is 11.8 Å². The van der Waals surface area contributed by atoms with Crippen molar-refractivity contribution in [3.05, 3.63) is 53.6 Å². The highest BCUT2D eigenvalue weighted by Crippen LogP contribution is 2.40. The highest BCUT2D eigenvalue weighted by Gasteiger charge is 2.39. The molecule has 1 aliphatic rings. The van der Waals surface area contributed by atoms with E-state index in [0.29, 0.717) is 23.7 Å².